The van der Waals surface area contributed by atoms with Crippen LogP contribution in [-0.2, 0) is 36.5 Å². The van der Waals surface area contributed by atoms with E-state index < -0.39 is 47.6 Å². The molecule has 1 heterocycles. The number of anilines is 2. The summed E-state index contributed by atoms with van der Waals surface area (Å²) in [6.07, 6.45) is -2.92. The van der Waals surface area contributed by atoms with E-state index in [9.17, 15) is 36.7 Å². The Morgan fingerprint density at radius 3 is 2.39 bits per heavy atom. The number of ether oxygens (including phenoxy) is 2. The Labute approximate surface area is 280 Å². The first-order valence-corrected chi connectivity index (χ1v) is 15.8. The number of thiazole rings is 1. The number of halogens is 5. The van der Waals surface area contributed by atoms with Crippen LogP contribution in [0.15, 0.2) is 54.6 Å². The topological polar surface area (TPSA) is 136 Å². The van der Waals surface area contributed by atoms with Crippen LogP contribution in [-0.4, -0.2) is 41.3 Å². The van der Waals surface area contributed by atoms with Crippen molar-refractivity contribution in [2.45, 2.75) is 51.2 Å². The van der Waals surface area contributed by atoms with E-state index in [1.54, 1.807) is 0 Å². The lowest BCUT2D eigenvalue weighted by molar-refractivity contribution is -0.146. The summed E-state index contributed by atoms with van der Waals surface area (Å²) in [5.74, 6) is -4.27. The van der Waals surface area contributed by atoms with Crippen molar-refractivity contribution in [2.24, 2.45) is 5.92 Å². The molecule has 10 nitrogen and oxygen atoms in total. The van der Waals surface area contributed by atoms with E-state index in [1.165, 1.54) is 31.2 Å². The van der Waals surface area contributed by atoms with Gasteiger partial charge in [0, 0.05) is 37.1 Å². The third-order valence-electron chi connectivity index (χ3n) is 7.60. The molecule has 16 heteroatoms. The molecule has 0 radical (unpaired) electrons. The van der Waals surface area contributed by atoms with Gasteiger partial charge in [0.05, 0.1) is 27.9 Å². The number of esters is 1. The molecule has 258 valence electrons. The summed E-state index contributed by atoms with van der Waals surface area (Å²) in [5, 5.41) is 8.08. The summed E-state index contributed by atoms with van der Waals surface area (Å²) in [6.45, 7) is 0.847. The lowest BCUT2D eigenvalue weighted by Crippen LogP contribution is -2.41. The first-order valence-electron chi connectivity index (χ1n) is 15.0. The average Bonchev–Trinajstić information content (AvgIpc) is 3.42. The maximum atomic E-state index is 15.0. The largest absolute Gasteiger partial charge is 0.456 e. The Bertz CT molecular complexity index is 1890. The summed E-state index contributed by atoms with van der Waals surface area (Å²) >= 11 is 1.08. The van der Waals surface area contributed by atoms with Gasteiger partial charge >= 0.3 is 12.1 Å². The molecule has 49 heavy (non-hydrogen) atoms. The van der Waals surface area contributed by atoms with Crippen LogP contribution < -0.4 is 20.7 Å². The highest BCUT2D eigenvalue weighted by Gasteiger charge is 2.31. The third kappa shape index (κ3) is 9.49. The standard InChI is InChI=1S/C33H29F5N4O6S/c1-17(43)47-16-30(45)39-21-7-5-19(6-8-21)31(46)42-32-41-26-14-24(35)27(15-28(26)49-32)48-22-9-10-23(34)25(13-22)40-29(44)12-18-3-2-4-20(11-18)33(36,37)38/h2-4,9-11,13-15,19,21H,5-8,12,16H2,1H3,(H,39,45)(H,40,44)(H,41,42,46). The highest BCUT2D eigenvalue weighted by Crippen LogP contribution is 2.36. The van der Waals surface area contributed by atoms with E-state index in [0.29, 0.717) is 30.4 Å². The second kappa shape index (κ2) is 15.0. The fourth-order valence-corrected chi connectivity index (χ4v) is 6.11. The van der Waals surface area contributed by atoms with Gasteiger partial charge in [-0.05, 0) is 49.4 Å². The van der Waals surface area contributed by atoms with Crippen molar-refractivity contribution < 1.29 is 50.6 Å². The molecule has 4 aromatic rings. The molecular formula is C33H29F5N4O6S. The highest BCUT2D eigenvalue weighted by molar-refractivity contribution is 7.22. The minimum atomic E-state index is -4.59. The van der Waals surface area contributed by atoms with Crippen molar-refractivity contribution in [1.82, 2.24) is 10.3 Å². The molecule has 1 fully saturated rings. The lowest BCUT2D eigenvalue weighted by Gasteiger charge is -2.28. The van der Waals surface area contributed by atoms with Crippen molar-refractivity contribution in [3.63, 3.8) is 0 Å². The molecule has 5 rings (SSSR count). The van der Waals surface area contributed by atoms with E-state index in [0.717, 1.165) is 41.7 Å². The number of amides is 3. The van der Waals surface area contributed by atoms with Crippen LogP contribution in [0, 0.1) is 17.6 Å². The molecular weight excluding hydrogens is 675 g/mol. The van der Waals surface area contributed by atoms with Gasteiger partial charge in [0.15, 0.2) is 23.3 Å². The maximum absolute atomic E-state index is 15.0. The number of benzene rings is 3. The lowest BCUT2D eigenvalue weighted by atomic mass is 9.85. The zero-order valence-corrected chi connectivity index (χ0v) is 26.6. The second-order valence-electron chi connectivity index (χ2n) is 11.3. The number of rotatable bonds is 10. The van der Waals surface area contributed by atoms with E-state index >= 15 is 4.39 Å². The van der Waals surface area contributed by atoms with Gasteiger partial charge in [0.1, 0.15) is 11.6 Å². The van der Waals surface area contributed by atoms with Crippen LogP contribution >= 0.6 is 11.3 Å². The average molecular weight is 705 g/mol. The van der Waals surface area contributed by atoms with Gasteiger partial charge in [-0.15, -0.1) is 0 Å². The van der Waals surface area contributed by atoms with E-state index in [1.807, 2.05) is 0 Å². The van der Waals surface area contributed by atoms with Crippen molar-refractivity contribution in [3.8, 4) is 11.5 Å². The number of alkyl halides is 3. The maximum Gasteiger partial charge on any atom is 0.416 e. The zero-order valence-electron chi connectivity index (χ0n) is 25.8. The first kappa shape index (κ1) is 35.2. The van der Waals surface area contributed by atoms with E-state index in [2.05, 4.69) is 25.7 Å². The number of aromatic nitrogens is 1. The molecule has 1 saturated carbocycles. The van der Waals surface area contributed by atoms with Crippen LogP contribution in [0.4, 0.5) is 32.8 Å². The summed E-state index contributed by atoms with van der Waals surface area (Å²) in [5.41, 5.74) is -0.916. The van der Waals surface area contributed by atoms with Gasteiger partial charge in [0.25, 0.3) is 5.91 Å². The van der Waals surface area contributed by atoms with Crippen LogP contribution in [0.1, 0.15) is 43.7 Å². The molecule has 3 amide bonds. The highest BCUT2D eigenvalue weighted by atomic mass is 32.1. The molecule has 0 unspecified atom stereocenters. The van der Waals surface area contributed by atoms with Gasteiger partial charge in [0.2, 0.25) is 11.8 Å². The predicted molar refractivity (Wildman–Crippen MR) is 169 cm³/mol. The molecule has 3 N–H and O–H groups in total. The molecule has 1 aliphatic carbocycles. The number of carbonyl (C=O) groups is 4. The minimum absolute atomic E-state index is 0.0368. The number of nitrogens with zero attached hydrogens (tertiary/aromatic N) is 1. The Morgan fingerprint density at radius 2 is 1.67 bits per heavy atom. The summed E-state index contributed by atoms with van der Waals surface area (Å²) < 4.78 is 79.3. The quantitative estimate of drug-likeness (QED) is 0.123. The normalized spacial score (nSPS) is 16.1. The smallest absolute Gasteiger partial charge is 0.416 e. The van der Waals surface area contributed by atoms with Crippen LogP contribution in [0.5, 0.6) is 11.5 Å². The first-order chi connectivity index (χ1) is 23.2. The fourth-order valence-electron chi connectivity index (χ4n) is 5.23. The second-order valence-corrected chi connectivity index (χ2v) is 12.4. The van der Waals surface area contributed by atoms with E-state index in [-0.39, 0.29) is 57.9 Å². The number of hydrogen-bond donors (Lipinski definition) is 3. The van der Waals surface area contributed by atoms with Gasteiger partial charge in [-0.2, -0.15) is 13.2 Å². The Balaban J connectivity index is 1.18. The van der Waals surface area contributed by atoms with Crippen molar-refractivity contribution in [3.05, 3.63) is 77.4 Å². The molecule has 0 atom stereocenters. The third-order valence-corrected chi connectivity index (χ3v) is 8.53. The number of carbonyl (C=O) groups excluding carboxylic acids is 4. The van der Waals surface area contributed by atoms with Gasteiger partial charge < -0.3 is 25.4 Å². The van der Waals surface area contributed by atoms with Crippen LogP contribution in [0.2, 0.25) is 0 Å². The molecule has 0 saturated heterocycles. The molecule has 1 aliphatic rings. The molecule has 0 spiro atoms. The van der Waals surface area contributed by atoms with Gasteiger partial charge in [-0.1, -0.05) is 29.5 Å². The van der Waals surface area contributed by atoms with Crippen molar-refractivity contribution in [2.75, 3.05) is 17.2 Å². The van der Waals surface area contributed by atoms with E-state index in [4.69, 9.17) is 4.74 Å². The van der Waals surface area contributed by atoms with Crippen molar-refractivity contribution in [1.29, 1.82) is 0 Å². The molecule has 3 aromatic carbocycles. The summed E-state index contributed by atoms with van der Waals surface area (Å²) in [6, 6.07) is 9.84. The fraction of sp³-hybridized carbons (Fsp3) is 0.303. The predicted octanol–water partition coefficient (Wildman–Crippen LogP) is 6.74. The number of hydrogen-bond acceptors (Lipinski definition) is 8. The number of fused-ring (bicyclic) bond motifs is 1. The van der Waals surface area contributed by atoms with Crippen LogP contribution in [0.3, 0.4) is 0 Å². The summed E-state index contributed by atoms with van der Waals surface area (Å²) in [4.78, 5) is 52.5. The molecule has 0 aliphatic heterocycles. The zero-order chi connectivity index (χ0) is 35.3. The Kier molecular flexibility index (Phi) is 10.8. The monoisotopic (exact) mass is 704 g/mol. The molecule has 0 bridgehead atoms. The summed E-state index contributed by atoms with van der Waals surface area (Å²) in [7, 11) is 0. The minimum Gasteiger partial charge on any atom is -0.456 e. The Morgan fingerprint density at radius 1 is 0.918 bits per heavy atom. The number of nitrogens with one attached hydrogen (secondary N) is 3. The van der Waals surface area contributed by atoms with Gasteiger partial charge in [-0.3, -0.25) is 19.2 Å². The SMILES string of the molecule is CC(=O)OCC(=O)NC1CCC(C(=O)Nc2nc3cc(F)c(Oc4ccc(F)c(NC(=O)Cc5cccc(C(F)(F)F)c5)c4)cc3s2)CC1. The van der Waals surface area contributed by atoms with Crippen molar-refractivity contribution >= 4 is 56.1 Å². The van der Waals surface area contributed by atoms with Crippen LogP contribution in [0.25, 0.3) is 10.2 Å². The Hall–Kier alpha value is -5.12. The van der Waals surface area contributed by atoms with Gasteiger partial charge in [-0.25, -0.2) is 13.8 Å². The molecule has 1 aromatic heterocycles.